The van der Waals surface area contributed by atoms with Crippen molar-refractivity contribution in [3.63, 3.8) is 0 Å². The van der Waals surface area contributed by atoms with Gasteiger partial charge in [0.25, 0.3) is 0 Å². The molecule has 1 amide bonds. The summed E-state index contributed by atoms with van der Waals surface area (Å²) in [5.41, 5.74) is 0.0238. The van der Waals surface area contributed by atoms with E-state index in [9.17, 15) is 9.59 Å². The fourth-order valence-electron chi connectivity index (χ4n) is 2.24. The molecule has 0 heterocycles. The van der Waals surface area contributed by atoms with Crippen LogP contribution in [0.3, 0.4) is 0 Å². The predicted octanol–water partition coefficient (Wildman–Crippen LogP) is 5.63. The zero-order valence-corrected chi connectivity index (χ0v) is 20.2. The van der Waals surface area contributed by atoms with Gasteiger partial charge in [-0.15, -0.1) is 0 Å². The first-order valence-corrected chi connectivity index (χ1v) is 12.5. The number of rotatable bonds is 6. The smallest absolute Gasteiger partial charge is 0.434 e. The highest BCUT2D eigenvalue weighted by Gasteiger charge is 2.45. The summed E-state index contributed by atoms with van der Waals surface area (Å²) in [6, 6.07) is 8.25. The topological polar surface area (TPSA) is 65.1 Å². The van der Waals surface area contributed by atoms with E-state index in [1.165, 1.54) is 7.11 Å². The first kappa shape index (κ1) is 24.9. The van der Waals surface area contributed by atoms with Gasteiger partial charge in [-0.1, -0.05) is 57.7 Å². The fraction of sp³-hybridized carbons (Fsp3) is 0.545. The molecule has 1 atom stereocenters. The normalized spacial score (nSPS) is 13.4. The summed E-state index contributed by atoms with van der Waals surface area (Å²) in [6.07, 6.45) is -0.679. The van der Waals surface area contributed by atoms with Crippen LogP contribution in [0.5, 0.6) is 0 Å². The van der Waals surface area contributed by atoms with E-state index in [1.54, 1.807) is 20.8 Å². The summed E-state index contributed by atoms with van der Waals surface area (Å²) in [6.45, 7) is 19.5. The molecule has 0 aliphatic rings. The van der Waals surface area contributed by atoms with Gasteiger partial charge >= 0.3 is 12.1 Å². The molecule has 0 saturated heterocycles. The summed E-state index contributed by atoms with van der Waals surface area (Å²) in [4.78, 5) is 25.6. The van der Waals surface area contributed by atoms with Crippen molar-refractivity contribution in [3.05, 3.63) is 48.0 Å². The standard InChI is InChI=1S/C22H35NO5Si/c1-16(19(24)26-8)18(17-14-12-11-13-15-17)23(20(25)27-21(2,3)4)28-29(9,10)22(5,6)7/h11-15,18H,1H2,2-10H3/t18-/m0/s1. The Morgan fingerprint density at radius 3 is 1.97 bits per heavy atom. The number of carbonyl (C=O) groups is 2. The van der Waals surface area contributed by atoms with Crippen LogP contribution in [0.2, 0.25) is 18.1 Å². The minimum Gasteiger partial charge on any atom is -0.466 e. The van der Waals surface area contributed by atoms with Crippen LogP contribution in [0.4, 0.5) is 4.79 Å². The summed E-state index contributed by atoms with van der Waals surface area (Å²) in [5.74, 6) is -0.619. The van der Waals surface area contributed by atoms with Gasteiger partial charge in [-0.3, -0.25) is 0 Å². The van der Waals surface area contributed by atoms with Crippen LogP contribution >= 0.6 is 0 Å². The summed E-state index contributed by atoms with van der Waals surface area (Å²) in [7, 11) is -1.18. The molecule has 0 bridgehead atoms. The third-order valence-corrected chi connectivity index (χ3v) is 9.10. The number of benzene rings is 1. The maximum Gasteiger partial charge on any atom is 0.434 e. The molecule has 1 rings (SSSR count). The van der Waals surface area contributed by atoms with Crippen LogP contribution < -0.4 is 0 Å². The Bertz CT molecular complexity index is 732. The molecule has 0 aliphatic carbocycles. The van der Waals surface area contributed by atoms with Crippen LogP contribution in [0.25, 0.3) is 0 Å². The van der Waals surface area contributed by atoms with Crippen molar-refractivity contribution in [1.29, 1.82) is 0 Å². The second kappa shape index (κ2) is 9.13. The first-order chi connectivity index (χ1) is 13.1. The molecule has 0 radical (unpaired) electrons. The van der Waals surface area contributed by atoms with Gasteiger partial charge in [-0.2, -0.15) is 5.06 Å². The molecule has 29 heavy (non-hydrogen) atoms. The van der Waals surface area contributed by atoms with E-state index in [1.807, 2.05) is 43.4 Å². The van der Waals surface area contributed by atoms with Crippen LogP contribution in [0, 0.1) is 0 Å². The molecular formula is C22H35NO5Si. The lowest BCUT2D eigenvalue weighted by Crippen LogP contribution is -2.51. The number of ether oxygens (including phenoxy) is 2. The van der Waals surface area contributed by atoms with Gasteiger partial charge in [-0.05, 0) is 44.5 Å². The second-order valence-electron chi connectivity index (χ2n) is 9.49. The molecule has 1 aromatic rings. The second-order valence-corrected chi connectivity index (χ2v) is 14.2. The SMILES string of the molecule is C=C(C(=O)OC)[C@@H](c1ccccc1)N(O[Si](C)(C)C(C)(C)C)C(=O)OC(C)(C)C. The molecule has 0 fully saturated rings. The minimum atomic E-state index is -2.46. The maximum absolute atomic E-state index is 13.2. The van der Waals surface area contributed by atoms with E-state index < -0.39 is 32.0 Å². The highest BCUT2D eigenvalue weighted by Crippen LogP contribution is 2.40. The van der Waals surface area contributed by atoms with Crippen molar-refractivity contribution in [2.45, 2.75) is 71.3 Å². The third-order valence-electron chi connectivity index (χ3n) is 4.83. The molecule has 6 nitrogen and oxygen atoms in total. The molecule has 7 heteroatoms. The van der Waals surface area contributed by atoms with Crippen molar-refractivity contribution in [2.75, 3.05) is 7.11 Å². The Morgan fingerprint density at radius 1 is 1.03 bits per heavy atom. The van der Waals surface area contributed by atoms with Crippen molar-refractivity contribution in [3.8, 4) is 0 Å². The molecule has 0 unspecified atom stereocenters. The number of methoxy groups -OCH3 is 1. The van der Waals surface area contributed by atoms with Gasteiger partial charge < -0.3 is 14.0 Å². The monoisotopic (exact) mass is 421 g/mol. The van der Waals surface area contributed by atoms with E-state index in [4.69, 9.17) is 14.0 Å². The lowest BCUT2D eigenvalue weighted by atomic mass is 10.00. The van der Waals surface area contributed by atoms with Gasteiger partial charge in [0.05, 0.1) is 12.7 Å². The Morgan fingerprint density at radius 2 is 1.55 bits per heavy atom. The summed E-state index contributed by atoms with van der Waals surface area (Å²) >= 11 is 0. The summed E-state index contributed by atoms with van der Waals surface area (Å²) < 4.78 is 16.9. The van der Waals surface area contributed by atoms with Crippen LogP contribution in [-0.4, -0.2) is 38.2 Å². The first-order valence-electron chi connectivity index (χ1n) is 9.64. The van der Waals surface area contributed by atoms with Crippen molar-refractivity contribution in [2.24, 2.45) is 0 Å². The Hall–Kier alpha value is -2.12. The zero-order chi connectivity index (χ0) is 22.6. The highest BCUT2D eigenvalue weighted by molar-refractivity contribution is 6.74. The van der Waals surface area contributed by atoms with Crippen molar-refractivity contribution >= 4 is 20.4 Å². The molecule has 162 valence electrons. The molecule has 0 aromatic heterocycles. The molecule has 0 saturated carbocycles. The number of hydroxylamine groups is 2. The molecule has 0 spiro atoms. The largest absolute Gasteiger partial charge is 0.466 e. The van der Waals surface area contributed by atoms with E-state index in [0.717, 1.165) is 5.06 Å². The fourth-order valence-corrected chi connectivity index (χ4v) is 3.19. The van der Waals surface area contributed by atoms with Gasteiger partial charge in [0.15, 0.2) is 0 Å². The van der Waals surface area contributed by atoms with Gasteiger partial charge in [0, 0.05) is 0 Å². The number of nitrogens with zero attached hydrogens (tertiary/aromatic N) is 1. The third kappa shape index (κ3) is 6.71. The molecule has 0 aliphatic heterocycles. The molecule has 1 aromatic carbocycles. The van der Waals surface area contributed by atoms with Gasteiger partial charge in [0.2, 0.25) is 8.32 Å². The number of carbonyl (C=O) groups excluding carboxylic acids is 2. The van der Waals surface area contributed by atoms with Crippen LogP contribution in [-0.2, 0) is 18.8 Å². The zero-order valence-electron chi connectivity index (χ0n) is 19.2. The number of hydrogen-bond acceptors (Lipinski definition) is 5. The number of amides is 1. The minimum absolute atomic E-state index is 0.0864. The van der Waals surface area contributed by atoms with Crippen molar-refractivity contribution in [1.82, 2.24) is 5.06 Å². The Kier molecular flexibility index (Phi) is 7.85. The van der Waals surface area contributed by atoms with E-state index in [0.29, 0.717) is 5.56 Å². The number of hydrogen-bond donors (Lipinski definition) is 0. The molecule has 0 N–H and O–H groups in total. The number of esters is 1. The van der Waals surface area contributed by atoms with Gasteiger partial charge in [-0.25, -0.2) is 9.59 Å². The van der Waals surface area contributed by atoms with E-state index in [-0.39, 0.29) is 10.6 Å². The maximum atomic E-state index is 13.2. The summed E-state index contributed by atoms with van der Waals surface area (Å²) in [5, 5.41) is 0.985. The average Bonchev–Trinajstić information content (AvgIpc) is 2.58. The Balaban J connectivity index is 3.56. The lowest BCUT2D eigenvalue weighted by Gasteiger charge is -2.42. The van der Waals surface area contributed by atoms with Gasteiger partial charge in [0.1, 0.15) is 11.6 Å². The highest BCUT2D eigenvalue weighted by atomic mass is 28.4. The van der Waals surface area contributed by atoms with Crippen LogP contribution in [0.1, 0.15) is 53.1 Å². The lowest BCUT2D eigenvalue weighted by molar-refractivity contribution is -0.140. The Labute approximate surface area is 175 Å². The van der Waals surface area contributed by atoms with E-state index in [2.05, 4.69) is 27.4 Å². The average molecular weight is 422 g/mol. The molecular weight excluding hydrogens is 386 g/mol. The van der Waals surface area contributed by atoms with E-state index >= 15 is 0 Å². The van der Waals surface area contributed by atoms with Crippen LogP contribution in [0.15, 0.2) is 42.5 Å². The quantitative estimate of drug-likeness (QED) is 0.258. The predicted molar refractivity (Wildman–Crippen MR) is 117 cm³/mol. The van der Waals surface area contributed by atoms with Crippen molar-refractivity contribution < 1.29 is 23.6 Å².